The Morgan fingerprint density at radius 1 is 1.06 bits per heavy atom. The molecule has 0 unspecified atom stereocenters. The Balaban J connectivity index is -0.000000249. The van der Waals surface area contributed by atoms with Gasteiger partial charge < -0.3 is 15.4 Å². The zero-order valence-electron chi connectivity index (χ0n) is 10.6. The monoisotopic (exact) mass is 405 g/mol. The summed E-state index contributed by atoms with van der Waals surface area (Å²) in [4.78, 5) is 8.89. The van der Waals surface area contributed by atoms with E-state index in [1.165, 1.54) is 27.8 Å². The van der Waals surface area contributed by atoms with E-state index < -0.39 is 5.97 Å². The van der Waals surface area contributed by atoms with Gasteiger partial charge in [0.05, 0.1) is 0 Å². The van der Waals surface area contributed by atoms with E-state index in [2.05, 4.69) is 34.6 Å². The zero-order chi connectivity index (χ0) is 11.5. The second-order valence-electron chi connectivity index (χ2n) is 3.62. The molecule has 0 bridgehead atoms. The molecular weight excluding hydrogens is 384 g/mol. The van der Waals surface area contributed by atoms with Crippen LogP contribution in [0.4, 0.5) is 0 Å². The van der Waals surface area contributed by atoms with Crippen molar-refractivity contribution in [2.24, 2.45) is 0 Å². The number of rotatable bonds is 0. The zero-order valence-corrected chi connectivity index (χ0v) is 13.0. The van der Waals surface area contributed by atoms with Crippen LogP contribution in [0.5, 0.6) is 0 Å². The van der Waals surface area contributed by atoms with Crippen molar-refractivity contribution in [1.82, 2.24) is 0 Å². The van der Waals surface area contributed by atoms with Crippen molar-refractivity contribution in [3.05, 3.63) is 27.8 Å². The maximum Gasteiger partial charge on any atom is 0.0383 e. The molecular formula is C12H20IrO3-2. The Hall–Kier alpha value is -0.571. The Labute approximate surface area is 111 Å². The van der Waals surface area contributed by atoms with Crippen LogP contribution in [0.15, 0.2) is 0 Å². The van der Waals surface area contributed by atoms with Crippen LogP contribution in [-0.2, 0) is 24.9 Å². The van der Waals surface area contributed by atoms with Gasteiger partial charge in [-0.25, -0.2) is 0 Å². The minimum Gasteiger partial charge on any atom is -0.550 e. The fourth-order valence-electron chi connectivity index (χ4n) is 1.41. The second kappa shape index (κ2) is 8.57. The Morgan fingerprint density at radius 3 is 1.31 bits per heavy atom. The molecule has 1 radical (unpaired) electrons. The van der Waals surface area contributed by atoms with Crippen molar-refractivity contribution in [3.8, 4) is 0 Å². The molecule has 2 N–H and O–H groups in total. The molecule has 1 rings (SSSR count). The molecule has 0 saturated carbocycles. The summed E-state index contributed by atoms with van der Waals surface area (Å²) in [5.41, 5.74) is 7.34. The van der Waals surface area contributed by atoms with Crippen molar-refractivity contribution in [3.63, 3.8) is 0 Å². The Bertz CT molecular complexity index is 256. The minimum atomic E-state index is -1.08. The van der Waals surface area contributed by atoms with Gasteiger partial charge in [0.1, 0.15) is 0 Å². The van der Waals surface area contributed by atoms with E-state index in [0.717, 1.165) is 6.92 Å². The molecule has 0 spiro atoms. The predicted molar refractivity (Wildman–Crippen MR) is 60.0 cm³/mol. The molecule has 0 heterocycles. The molecule has 4 heteroatoms. The van der Waals surface area contributed by atoms with Crippen LogP contribution in [0, 0.1) is 34.6 Å². The van der Waals surface area contributed by atoms with Gasteiger partial charge in [-0.15, -0.1) is 0 Å². The van der Waals surface area contributed by atoms with Gasteiger partial charge in [0, 0.05) is 26.1 Å². The number of aliphatic carboxylic acids is 1. The number of carbonyl (C=O) groups is 1. The van der Waals surface area contributed by atoms with Crippen LogP contribution in [0.3, 0.4) is 0 Å². The Kier molecular flexibility index (Phi) is 11.1. The number of carboxylic acid groups (broad SMARTS) is 1. The summed E-state index contributed by atoms with van der Waals surface area (Å²) in [6.07, 6.45) is 0. The first-order valence-electron chi connectivity index (χ1n) is 4.66. The van der Waals surface area contributed by atoms with Gasteiger partial charge in [-0.1, -0.05) is 34.6 Å². The predicted octanol–water partition coefficient (Wildman–Crippen LogP) is 0.877. The largest absolute Gasteiger partial charge is 0.550 e. The first kappa shape index (κ1) is 20.8. The Morgan fingerprint density at radius 2 is 1.25 bits per heavy atom. The molecule has 0 amide bonds. The molecule has 0 atom stereocenters. The SMILES string of the molecule is CC(=O)[O-].Cc1c(C)c(C)[c-](C)c1C.O.[Ir]. The number of carboxylic acids is 1. The average molecular weight is 405 g/mol. The molecule has 3 nitrogen and oxygen atoms in total. The number of hydrogen-bond donors (Lipinski definition) is 0. The molecule has 16 heavy (non-hydrogen) atoms. The van der Waals surface area contributed by atoms with E-state index in [1.54, 1.807) is 0 Å². The average Bonchev–Trinajstić information content (AvgIpc) is 2.23. The fraction of sp³-hybridized carbons (Fsp3) is 0.500. The molecule has 97 valence electrons. The molecule has 0 aromatic heterocycles. The molecule has 0 aliphatic carbocycles. The number of hydrogen-bond acceptors (Lipinski definition) is 2. The standard InChI is InChI=1S/C10H15.C2H4O2.Ir.H2O/c1-6-7(2)9(4)10(5)8(6)3;1-2(3)4;;/h1-5H3;1H3,(H,3,4);;1H2/q-1;;;/p-1. The second-order valence-corrected chi connectivity index (χ2v) is 3.62. The van der Waals surface area contributed by atoms with Crippen molar-refractivity contribution < 1.29 is 35.5 Å². The molecule has 0 fully saturated rings. The quantitative estimate of drug-likeness (QED) is 0.602. The molecule has 0 saturated heterocycles. The maximum absolute atomic E-state index is 8.89. The van der Waals surface area contributed by atoms with Crippen LogP contribution >= 0.6 is 0 Å². The van der Waals surface area contributed by atoms with Crippen molar-refractivity contribution >= 4 is 5.97 Å². The van der Waals surface area contributed by atoms with Crippen LogP contribution in [-0.4, -0.2) is 11.4 Å². The van der Waals surface area contributed by atoms with Crippen LogP contribution in [0.2, 0.25) is 0 Å². The van der Waals surface area contributed by atoms with Crippen LogP contribution in [0.1, 0.15) is 34.7 Å². The minimum absolute atomic E-state index is 0. The van der Waals surface area contributed by atoms with E-state index in [1.807, 2.05) is 0 Å². The van der Waals surface area contributed by atoms with E-state index in [9.17, 15) is 0 Å². The van der Waals surface area contributed by atoms with Crippen molar-refractivity contribution in [2.45, 2.75) is 41.5 Å². The molecule has 0 aliphatic heterocycles. The molecule has 1 aromatic rings. The maximum atomic E-state index is 8.89. The van der Waals surface area contributed by atoms with Gasteiger partial charge in [-0.05, 0) is 6.92 Å². The van der Waals surface area contributed by atoms with Gasteiger partial charge in [0.15, 0.2) is 0 Å². The smallest absolute Gasteiger partial charge is 0.0383 e. The summed E-state index contributed by atoms with van der Waals surface area (Å²) in [5.74, 6) is -1.08. The van der Waals surface area contributed by atoms with Crippen molar-refractivity contribution in [2.75, 3.05) is 0 Å². The summed E-state index contributed by atoms with van der Waals surface area (Å²) in [7, 11) is 0. The van der Waals surface area contributed by atoms with Gasteiger partial charge in [0.25, 0.3) is 0 Å². The van der Waals surface area contributed by atoms with E-state index in [4.69, 9.17) is 9.90 Å². The third kappa shape index (κ3) is 5.50. The fourth-order valence-corrected chi connectivity index (χ4v) is 1.41. The van der Waals surface area contributed by atoms with E-state index in [-0.39, 0.29) is 25.6 Å². The molecule has 1 aromatic carbocycles. The first-order chi connectivity index (χ1) is 6.29. The summed E-state index contributed by atoms with van der Waals surface area (Å²) in [5, 5.41) is 8.89. The van der Waals surface area contributed by atoms with Crippen LogP contribution < -0.4 is 5.11 Å². The van der Waals surface area contributed by atoms with Gasteiger partial charge in [0.2, 0.25) is 0 Å². The van der Waals surface area contributed by atoms with Gasteiger partial charge in [-0.2, -0.15) is 27.8 Å². The number of carbonyl (C=O) groups excluding carboxylic acids is 1. The normalized spacial score (nSPS) is 8.12. The summed E-state index contributed by atoms with van der Waals surface area (Å²) >= 11 is 0. The summed E-state index contributed by atoms with van der Waals surface area (Å²) in [6, 6.07) is 0. The van der Waals surface area contributed by atoms with E-state index >= 15 is 0 Å². The third-order valence-electron chi connectivity index (χ3n) is 2.81. The van der Waals surface area contributed by atoms with Crippen LogP contribution in [0.25, 0.3) is 0 Å². The topological polar surface area (TPSA) is 71.6 Å². The summed E-state index contributed by atoms with van der Waals surface area (Å²) < 4.78 is 0. The molecule has 0 aliphatic rings. The van der Waals surface area contributed by atoms with Gasteiger partial charge in [-0.3, -0.25) is 0 Å². The first-order valence-corrected chi connectivity index (χ1v) is 4.66. The van der Waals surface area contributed by atoms with E-state index in [0.29, 0.717) is 0 Å². The third-order valence-corrected chi connectivity index (χ3v) is 2.81. The van der Waals surface area contributed by atoms with Gasteiger partial charge >= 0.3 is 0 Å². The van der Waals surface area contributed by atoms with Crippen molar-refractivity contribution in [1.29, 1.82) is 0 Å². The summed E-state index contributed by atoms with van der Waals surface area (Å²) in [6.45, 7) is 12.0.